The molecule has 3 aliphatic heterocycles. The highest BCUT2D eigenvalue weighted by Crippen LogP contribution is 2.36. The zero-order chi connectivity index (χ0) is 22.9. The molecule has 1 aromatic carbocycles. The molecule has 0 aliphatic carbocycles. The van der Waals surface area contributed by atoms with Crippen LogP contribution in [0.3, 0.4) is 0 Å². The molecule has 0 spiro atoms. The molecule has 32 heavy (non-hydrogen) atoms. The maximum absolute atomic E-state index is 15.0. The van der Waals surface area contributed by atoms with E-state index in [-0.39, 0.29) is 29.6 Å². The van der Waals surface area contributed by atoms with Crippen molar-refractivity contribution in [1.82, 2.24) is 10.6 Å². The Morgan fingerprint density at radius 1 is 1.22 bits per heavy atom. The first-order chi connectivity index (χ1) is 15.3. The smallest absolute Gasteiger partial charge is 0.227 e. The van der Waals surface area contributed by atoms with Gasteiger partial charge in [-0.05, 0) is 55.2 Å². The van der Waals surface area contributed by atoms with E-state index in [1.54, 1.807) is 6.07 Å². The van der Waals surface area contributed by atoms with E-state index in [1.807, 2.05) is 17.9 Å². The van der Waals surface area contributed by atoms with Gasteiger partial charge in [0.1, 0.15) is 5.82 Å². The summed E-state index contributed by atoms with van der Waals surface area (Å²) in [5.41, 5.74) is 1.19. The number of carbonyl (C=O) groups is 2. The van der Waals surface area contributed by atoms with Crippen LogP contribution in [-0.2, 0) is 19.4 Å². The van der Waals surface area contributed by atoms with Gasteiger partial charge in [-0.1, -0.05) is 13.0 Å². The molecule has 1 aromatic rings. The lowest BCUT2D eigenvalue weighted by atomic mass is 9.85. The molecule has 3 saturated heterocycles. The lowest BCUT2D eigenvalue weighted by Crippen LogP contribution is -2.45. The fourth-order valence-electron chi connectivity index (χ4n) is 5.21. The molecule has 0 radical (unpaired) electrons. The van der Waals surface area contributed by atoms with Crippen LogP contribution in [0.15, 0.2) is 18.2 Å². The number of anilines is 1. The average Bonchev–Trinajstić information content (AvgIpc) is 3.11. The van der Waals surface area contributed by atoms with Crippen LogP contribution in [0.25, 0.3) is 0 Å². The van der Waals surface area contributed by atoms with Crippen LogP contribution < -0.4 is 15.5 Å². The molecule has 3 fully saturated rings. The quantitative estimate of drug-likeness (QED) is 0.642. The van der Waals surface area contributed by atoms with Crippen molar-refractivity contribution in [2.24, 2.45) is 11.8 Å². The molecule has 3 heterocycles. The summed E-state index contributed by atoms with van der Waals surface area (Å²) in [6.45, 7) is 3.75. The minimum atomic E-state index is -2.81. The minimum absolute atomic E-state index is 0.0247. The Balaban J connectivity index is 1.32. The number of hydrogen-bond donors (Lipinski definition) is 2. The lowest BCUT2D eigenvalue weighted by Gasteiger charge is -2.40. The number of hydrogen-bond acceptors (Lipinski definition) is 5. The Hall–Kier alpha value is -2.16. The first-order valence-electron chi connectivity index (χ1n) is 11.6. The number of benzene rings is 1. The summed E-state index contributed by atoms with van der Waals surface area (Å²) in [4.78, 5) is 26.1. The Bertz CT molecular complexity index is 963. The van der Waals surface area contributed by atoms with Gasteiger partial charge in [-0.3, -0.25) is 9.59 Å². The number of nitrogens with one attached hydrogen (secondary N) is 2. The zero-order valence-electron chi connectivity index (χ0n) is 18.5. The zero-order valence-corrected chi connectivity index (χ0v) is 19.3. The van der Waals surface area contributed by atoms with Crippen LogP contribution in [0.2, 0.25) is 0 Å². The molecular weight excluding hydrogens is 433 g/mol. The van der Waals surface area contributed by atoms with Gasteiger partial charge in [-0.15, -0.1) is 0 Å². The topological polar surface area (TPSA) is 95.6 Å². The molecule has 7 nitrogen and oxygen atoms in total. The van der Waals surface area contributed by atoms with Gasteiger partial charge in [0.05, 0.1) is 23.1 Å². The Morgan fingerprint density at radius 2 is 1.94 bits per heavy atom. The molecule has 0 bridgehead atoms. The van der Waals surface area contributed by atoms with E-state index < -0.39 is 15.8 Å². The predicted octanol–water partition coefficient (Wildman–Crippen LogP) is 1.98. The molecule has 2 atom stereocenters. The highest BCUT2D eigenvalue weighted by molar-refractivity contribution is 7.92. The minimum Gasteiger partial charge on any atom is -0.369 e. The highest BCUT2D eigenvalue weighted by atomic mass is 32.2. The Kier molecular flexibility index (Phi) is 6.74. The second-order valence-electron chi connectivity index (χ2n) is 9.42. The number of nitrogens with zero attached hydrogens (tertiary/aromatic N) is 1. The molecule has 0 aromatic heterocycles. The van der Waals surface area contributed by atoms with E-state index in [2.05, 4.69) is 10.6 Å². The summed E-state index contributed by atoms with van der Waals surface area (Å²) in [6.07, 6.45) is 3.51. The van der Waals surface area contributed by atoms with Crippen molar-refractivity contribution in [3.63, 3.8) is 0 Å². The molecule has 176 valence electrons. The highest BCUT2D eigenvalue weighted by Gasteiger charge is 2.40. The van der Waals surface area contributed by atoms with E-state index in [4.69, 9.17) is 0 Å². The summed E-state index contributed by atoms with van der Waals surface area (Å²) >= 11 is 0. The second kappa shape index (κ2) is 9.37. The van der Waals surface area contributed by atoms with Gasteiger partial charge in [0.25, 0.3) is 0 Å². The van der Waals surface area contributed by atoms with Crippen LogP contribution >= 0.6 is 0 Å². The number of amides is 2. The van der Waals surface area contributed by atoms with Gasteiger partial charge < -0.3 is 15.5 Å². The van der Waals surface area contributed by atoms with Crippen LogP contribution in [0.5, 0.6) is 0 Å². The molecule has 3 aliphatic rings. The third-order valence-electron chi connectivity index (χ3n) is 7.06. The van der Waals surface area contributed by atoms with Gasteiger partial charge in [0.15, 0.2) is 9.84 Å². The Labute approximate surface area is 189 Å². The van der Waals surface area contributed by atoms with Gasteiger partial charge in [-0.2, -0.15) is 0 Å². The van der Waals surface area contributed by atoms with Crippen molar-refractivity contribution in [2.45, 2.75) is 51.0 Å². The van der Waals surface area contributed by atoms with Crippen LogP contribution in [0.1, 0.15) is 50.5 Å². The van der Waals surface area contributed by atoms with Gasteiger partial charge in [0.2, 0.25) is 11.8 Å². The molecule has 1 unspecified atom stereocenters. The average molecular weight is 466 g/mol. The van der Waals surface area contributed by atoms with Crippen molar-refractivity contribution >= 4 is 27.3 Å². The summed E-state index contributed by atoms with van der Waals surface area (Å²) in [6, 6.07) is 4.89. The van der Waals surface area contributed by atoms with E-state index >= 15 is 0 Å². The van der Waals surface area contributed by atoms with E-state index in [0.29, 0.717) is 61.2 Å². The van der Waals surface area contributed by atoms with Gasteiger partial charge in [-0.25, -0.2) is 12.8 Å². The van der Waals surface area contributed by atoms with Crippen molar-refractivity contribution in [1.29, 1.82) is 0 Å². The molecule has 2 amide bonds. The second-order valence-corrected chi connectivity index (χ2v) is 11.6. The first kappa shape index (κ1) is 23.0. The number of sulfone groups is 1. The van der Waals surface area contributed by atoms with Crippen molar-refractivity contribution in [3.05, 3.63) is 29.6 Å². The van der Waals surface area contributed by atoms with E-state index in [0.717, 1.165) is 19.3 Å². The fraction of sp³-hybridized carbons (Fsp3) is 0.652. The summed E-state index contributed by atoms with van der Waals surface area (Å²) in [7, 11) is -2.81. The van der Waals surface area contributed by atoms with E-state index in [1.165, 1.54) is 6.07 Å². The molecule has 2 N–H and O–H groups in total. The number of rotatable bonds is 7. The lowest BCUT2D eigenvalue weighted by molar-refractivity contribution is -0.122. The summed E-state index contributed by atoms with van der Waals surface area (Å²) in [5.74, 6) is 0.342. The van der Waals surface area contributed by atoms with Crippen molar-refractivity contribution < 1.29 is 22.4 Å². The van der Waals surface area contributed by atoms with Crippen molar-refractivity contribution in [2.75, 3.05) is 36.0 Å². The third-order valence-corrected chi connectivity index (χ3v) is 8.93. The largest absolute Gasteiger partial charge is 0.369 e. The standard InChI is InChI=1S/C23H32FN3O4S/c1-2-3-22(28)25-12-18-11-19(23(29)26-18)16-4-5-21(20(24)10-16)27-8-6-15(7-9-27)17-13-32(30,31)14-17/h4-5,10,15,17-19H,2-3,6-9,11-14H2,1H3,(H,25,28)(H,26,29)/t18?,19-/m0/s1. The molecular formula is C23H32FN3O4S. The number of carbonyl (C=O) groups excluding carboxylic acids is 2. The van der Waals surface area contributed by atoms with Gasteiger partial charge in [0, 0.05) is 32.1 Å². The third kappa shape index (κ3) is 5.08. The summed E-state index contributed by atoms with van der Waals surface area (Å²) in [5, 5.41) is 5.74. The maximum atomic E-state index is 15.0. The fourth-order valence-corrected chi connectivity index (χ4v) is 6.96. The van der Waals surface area contributed by atoms with Crippen LogP contribution in [-0.4, -0.2) is 57.4 Å². The molecule has 9 heteroatoms. The predicted molar refractivity (Wildman–Crippen MR) is 121 cm³/mol. The SMILES string of the molecule is CCCC(=O)NCC1C[C@@H](c2ccc(N3CCC(C4CS(=O)(=O)C4)CC3)c(F)c2)C(=O)N1. The monoisotopic (exact) mass is 465 g/mol. The van der Waals surface area contributed by atoms with E-state index in [9.17, 15) is 22.4 Å². The van der Waals surface area contributed by atoms with Gasteiger partial charge >= 0.3 is 0 Å². The van der Waals surface area contributed by atoms with Crippen molar-refractivity contribution in [3.8, 4) is 0 Å². The molecule has 0 saturated carbocycles. The Morgan fingerprint density at radius 3 is 2.56 bits per heavy atom. The number of piperidine rings is 1. The van der Waals surface area contributed by atoms with Crippen LogP contribution in [0.4, 0.5) is 10.1 Å². The number of halogens is 1. The molecule has 4 rings (SSSR count). The first-order valence-corrected chi connectivity index (χ1v) is 13.4. The summed E-state index contributed by atoms with van der Waals surface area (Å²) < 4.78 is 37.9. The van der Waals surface area contributed by atoms with Crippen LogP contribution in [0, 0.1) is 17.7 Å². The normalized spacial score (nSPS) is 25.9. The maximum Gasteiger partial charge on any atom is 0.227 e.